The molecule has 0 bridgehead atoms. The van der Waals surface area contributed by atoms with Gasteiger partial charge in [0.2, 0.25) is 5.91 Å². The predicted octanol–water partition coefficient (Wildman–Crippen LogP) is 3.44. The first kappa shape index (κ1) is 15.1. The second kappa shape index (κ2) is 6.99. The molecule has 2 aliphatic rings. The maximum absolute atomic E-state index is 12.2. The van der Waals surface area contributed by atoms with Crippen molar-refractivity contribution in [2.75, 3.05) is 18.0 Å². The molecule has 3 heteroatoms. The van der Waals surface area contributed by atoms with Crippen LogP contribution in [0.2, 0.25) is 0 Å². The third-order valence-electron chi connectivity index (χ3n) is 4.82. The van der Waals surface area contributed by atoms with Crippen LogP contribution in [0.3, 0.4) is 0 Å². The lowest BCUT2D eigenvalue weighted by Crippen LogP contribution is -2.40. The van der Waals surface area contributed by atoms with Crippen LogP contribution < -0.4 is 10.2 Å². The maximum atomic E-state index is 12.2. The number of nitrogens with one attached hydrogen (secondary N) is 1. The van der Waals surface area contributed by atoms with Gasteiger partial charge in [0.1, 0.15) is 0 Å². The molecular formula is C19H26N2O. The van der Waals surface area contributed by atoms with Crippen molar-refractivity contribution in [2.45, 2.75) is 51.5 Å². The summed E-state index contributed by atoms with van der Waals surface area (Å²) in [5, 5.41) is 3.09. The Morgan fingerprint density at radius 1 is 1.32 bits per heavy atom. The number of para-hydroxylation sites is 1. The second-order valence-corrected chi connectivity index (χ2v) is 6.52. The molecule has 0 saturated carbocycles. The van der Waals surface area contributed by atoms with Gasteiger partial charge in [0.05, 0.1) is 6.54 Å². The van der Waals surface area contributed by atoms with Gasteiger partial charge >= 0.3 is 0 Å². The van der Waals surface area contributed by atoms with Crippen molar-refractivity contribution >= 4 is 11.6 Å². The summed E-state index contributed by atoms with van der Waals surface area (Å²) in [6, 6.07) is 8.83. The fraction of sp³-hybridized carbons (Fsp3) is 0.526. The van der Waals surface area contributed by atoms with E-state index in [2.05, 4.69) is 47.5 Å². The van der Waals surface area contributed by atoms with E-state index in [1.807, 2.05) is 0 Å². The number of benzene rings is 1. The standard InChI is InChI=1S/C19H26N2O/c1-15-13-17-9-5-6-10-18(17)21(15)14-19(22)20-12-11-16-7-3-2-4-8-16/h5-7,9-10,15H,2-4,8,11-14H2,1H3,(H,20,22)/t15-/m1/s1. The lowest BCUT2D eigenvalue weighted by Gasteiger charge is -2.24. The number of anilines is 1. The van der Waals surface area contributed by atoms with E-state index < -0.39 is 0 Å². The normalized spacial score (nSPS) is 20.5. The summed E-state index contributed by atoms with van der Waals surface area (Å²) in [7, 11) is 0. The molecule has 3 nitrogen and oxygen atoms in total. The van der Waals surface area contributed by atoms with Crippen molar-refractivity contribution in [3.63, 3.8) is 0 Å². The van der Waals surface area contributed by atoms with Crippen LogP contribution in [0.5, 0.6) is 0 Å². The van der Waals surface area contributed by atoms with Gasteiger partial charge in [-0.3, -0.25) is 4.79 Å². The lowest BCUT2D eigenvalue weighted by atomic mass is 9.97. The zero-order valence-corrected chi connectivity index (χ0v) is 13.5. The highest BCUT2D eigenvalue weighted by Crippen LogP contribution is 2.31. The molecule has 1 aromatic carbocycles. The van der Waals surface area contributed by atoms with E-state index in [-0.39, 0.29) is 5.91 Å². The average molecular weight is 298 g/mol. The Kier molecular flexibility index (Phi) is 4.81. The average Bonchev–Trinajstić information content (AvgIpc) is 2.84. The van der Waals surface area contributed by atoms with Crippen LogP contribution in [0.15, 0.2) is 35.9 Å². The third kappa shape index (κ3) is 3.52. The number of amides is 1. The summed E-state index contributed by atoms with van der Waals surface area (Å²) in [5.41, 5.74) is 4.10. The van der Waals surface area contributed by atoms with Crippen LogP contribution in [0.25, 0.3) is 0 Å². The van der Waals surface area contributed by atoms with Crippen molar-refractivity contribution in [1.29, 1.82) is 0 Å². The summed E-state index contributed by atoms with van der Waals surface area (Å²) in [6.07, 6.45) is 9.46. The minimum Gasteiger partial charge on any atom is -0.359 e. The van der Waals surface area contributed by atoms with E-state index >= 15 is 0 Å². The van der Waals surface area contributed by atoms with Crippen LogP contribution in [-0.4, -0.2) is 25.0 Å². The van der Waals surface area contributed by atoms with Crippen LogP contribution in [0.1, 0.15) is 44.6 Å². The molecule has 1 amide bonds. The molecule has 1 aliphatic heterocycles. The zero-order chi connectivity index (χ0) is 15.4. The van der Waals surface area contributed by atoms with E-state index in [9.17, 15) is 4.79 Å². The zero-order valence-electron chi connectivity index (χ0n) is 13.5. The van der Waals surface area contributed by atoms with Crippen molar-refractivity contribution in [2.24, 2.45) is 0 Å². The molecule has 0 spiro atoms. The van der Waals surface area contributed by atoms with Gasteiger partial charge in [-0.1, -0.05) is 29.8 Å². The van der Waals surface area contributed by atoms with E-state index in [4.69, 9.17) is 0 Å². The quantitative estimate of drug-likeness (QED) is 0.845. The minimum atomic E-state index is 0.139. The van der Waals surface area contributed by atoms with Gasteiger partial charge in [0.15, 0.2) is 0 Å². The molecule has 1 heterocycles. The van der Waals surface area contributed by atoms with Gasteiger partial charge in [-0.25, -0.2) is 0 Å². The Bertz CT molecular complexity index is 564. The van der Waals surface area contributed by atoms with Gasteiger partial charge in [-0.05, 0) is 57.1 Å². The molecule has 0 saturated heterocycles. The Morgan fingerprint density at radius 3 is 3.00 bits per heavy atom. The smallest absolute Gasteiger partial charge is 0.239 e. The third-order valence-corrected chi connectivity index (χ3v) is 4.82. The number of fused-ring (bicyclic) bond motifs is 1. The minimum absolute atomic E-state index is 0.139. The predicted molar refractivity (Wildman–Crippen MR) is 91.1 cm³/mol. The number of rotatable bonds is 5. The number of hydrogen-bond donors (Lipinski definition) is 1. The second-order valence-electron chi connectivity index (χ2n) is 6.52. The van der Waals surface area contributed by atoms with E-state index in [0.717, 1.165) is 19.4 Å². The molecule has 22 heavy (non-hydrogen) atoms. The van der Waals surface area contributed by atoms with Gasteiger partial charge in [-0.2, -0.15) is 0 Å². The van der Waals surface area contributed by atoms with Crippen molar-refractivity contribution in [1.82, 2.24) is 5.32 Å². The van der Waals surface area contributed by atoms with Gasteiger partial charge in [0.25, 0.3) is 0 Å². The molecule has 0 radical (unpaired) electrons. The largest absolute Gasteiger partial charge is 0.359 e. The highest BCUT2D eigenvalue weighted by Gasteiger charge is 2.26. The van der Waals surface area contributed by atoms with Crippen LogP contribution in [0.4, 0.5) is 5.69 Å². The molecule has 0 fully saturated rings. The SMILES string of the molecule is C[C@@H]1Cc2ccccc2N1CC(=O)NCCC1=CCCCC1. The summed E-state index contributed by atoms with van der Waals surface area (Å²) < 4.78 is 0. The van der Waals surface area contributed by atoms with Crippen LogP contribution >= 0.6 is 0 Å². The van der Waals surface area contributed by atoms with Crippen LogP contribution in [-0.2, 0) is 11.2 Å². The van der Waals surface area contributed by atoms with E-state index in [1.54, 1.807) is 0 Å². The first-order valence-electron chi connectivity index (χ1n) is 8.53. The van der Waals surface area contributed by atoms with Gasteiger partial charge in [-0.15, -0.1) is 0 Å². The first-order chi connectivity index (χ1) is 10.7. The fourth-order valence-corrected chi connectivity index (χ4v) is 3.58. The Hall–Kier alpha value is -1.77. The summed E-state index contributed by atoms with van der Waals surface area (Å²) in [6.45, 7) is 3.44. The molecule has 1 aliphatic carbocycles. The number of carbonyl (C=O) groups is 1. The summed E-state index contributed by atoms with van der Waals surface area (Å²) in [5.74, 6) is 0.139. The van der Waals surface area contributed by atoms with Crippen molar-refractivity contribution < 1.29 is 4.79 Å². The van der Waals surface area contributed by atoms with Crippen LogP contribution in [0, 0.1) is 0 Å². The number of carbonyl (C=O) groups excluding carboxylic acids is 1. The fourth-order valence-electron chi connectivity index (χ4n) is 3.58. The number of hydrogen-bond acceptors (Lipinski definition) is 2. The topological polar surface area (TPSA) is 32.3 Å². The summed E-state index contributed by atoms with van der Waals surface area (Å²) >= 11 is 0. The highest BCUT2D eigenvalue weighted by molar-refractivity contribution is 5.82. The molecule has 1 N–H and O–H groups in total. The molecule has 0 aromatic heterocycles. The van der Waals surface area contributed by atoms with E-state index in [0.29, 0.717) is 12.6 Å². The molecule has 3 rings (SSSR count). The molecule has 1 atom stereocenters. The Balaban J connectivity index is 1.48. The van der Waals surface area contributed by atoms with Crippen molar-refractivity contribution in [3.05, 3.63) is 41.5 Å². The number of nitrogens with zero attached hydrogens (tertiary/aromatic N) is 1. The maximum Gasteiger partial charge on any atom is 0.239 e. The molecule has 0 unspecified atom stereocenters. The molecule has 118 valence electrons. The van der Waals surface area contributed by atoms with Gasteiger partial charge in [0, 0.05) is 18.3 Å². The lowest BCUT2D eigenvalue weighted by molar-refractivity contribution is -0.119. The first-order valence-corrected chi connectivity index (χ1v) is 8.53. The van der Waals surface area contributed by atoms with Crippen molar-refractivity contribution in [3.8, 4) is 0 Å². The monoisotopic (exact) mass is 298 g/mol. The van der Waals surface area contributed by atoms with E-state index in [1.165, 1.54) is 42.5 Å². The number of allylic oxidation sites excluding steroid dienone is 1. The van der Waals surface area contributed by atoms with Gasteiger partial charge < -0.3 is 10.2 Å². The Labute approximate surface area is 133 Å². The highest BCUT2D eigenvalue weighted by atomic mass is 16.2. The molecular weight excluding hydrogens is 272 g/mol. The molecule has 1 aromatic rings. The summed E-state index contributed by atoms with van der Waals surface area (Å²) in [4.78, 5) is 14.5. The Morgan fingerprint density at radius 2 is 2.18 bits per heavy atom.